The van der Waals surface area contributed by atoms with Crippen molar-refractivity contribution in [3.8, 4) is 6.07 Å². The molecule has 1 aromatic rings. The highest BCUT2D eigenvalue weighted by Crippen LogP contribution is 2.39. The molecule has 0 radical (unpaired) electrons. The highest BCUT2D eigenvalue weighted by atomic mass is 14.7. The number of nitrogens with zero attached hydrogens (tertiary/aromatic N) is 1. The zero-order valence-corrected chi connectivity index (χ0v) is 6.75. The molecule has 3 heteroatoms. The zero-order valence-electron chi connectivity index (χ0n) is 6.75. The molecule has 0 amide bonds. The van der Waals surface area contributed by atoms with E-state index in [9.17, 15) is 0 Å². The first-order valence-electron chi connectivity index (χ1n) is 4.15. The number of aromatic nitrogens is 1. The lowest BCUT2D eigenvalue weighted by Crippen LogP contribution is -2.10. The Morgan fingerprint density at radius 1 is 1.67 bits per heavy atom. The lowest BCUT2D eigenvalue weighted by molar-refractivity contribution is 0.634. The Kier molecular flexibility index (Phi) is 1.63. The monoisotopic (exact) mass is 161 g/mol. The van der Waals surface area contributed by atoms with Gasteiger partial charge in [-0.05, 0) is 30.4 Å². The molecule has 62 valence electrons. The van der Waals surface area contributed by atoms with Crippen LogP contribution in [0.1, 0.15) is 30.1 Å². The SMILES string of the molecule is N#Cc1cc([C@H](N)C2CC2)c[nH]1. The van der Waals surface area contributed by atoms with E-state index in [0.717, 1.165) is 5.56 Å². The normalized spacial score (nSPS) is 18.7. The Bertz CT molecular complexity index is 317. The number of hydrogen-bond donors (Lipinski definition) is 2. The first-order chi connectivity index (χ1) is 5.81. The van der Waals surface area contributed by atoms with Crippen LogP contribution in [0.4, 0.5) is 0 Å². The van der Waals surface area contributed by atoms with Gasteiger partial charge in [-0.2, -0.15) is 5.26 Å². The van der Waals surface area contributed by atoms with Crippen molar-refractivity contribution in [2.24, 2.45) is 11.7 Å². The van der Waals surface area contributed by atoms with Gasteiger partial charge in [0.05, 0.1) is 0 Å². The molecule has 1 saturated carbocycles. The Morgan fingerprint density at radius 2 is 2.42 bits per heavy atom. The van der Waals surface area contributed by atoms with Gasteiger partial charge < -0.3 is 10.7 Å². The highest BCUT2D eigenvalue weighted by Gasteiger charge is 2.29. The number of nitrogens with two attached hydrogens (primary N) is 1. The number of hydrogen-bond acceptors (Lipinski definition) is 2. The molecule has 1 aliphatic carbocycles. The first kappa shape index (κ1) is 7.38. The topological polar surface area (TPSA) is 65.6 Å². The largest absolute Gasteiger partial charge is 0.353 e. The molecular weight excluding hydrogens is 150 g/mol. The van der Waals surface area contributed by atoms with E-state index in [1.54, 1.807) is 0 Å². The summed E-state index contributed by atoms with van der Waals surface area (Å²) < 4.78 is 0. The van der Waals surface area contributed by atoms with E-state index < -0.39 is 0 Å². The van der Waals surface area contributed by atoms with Crippen LogP contribution in [0.15, 0.2) is 12.3 Å². The average molecular weight is 161 g/mol. The van der Waals surface area contributed by atoms with E-state index >= 15 is 0 Å². The lowest BCUT2D eigenvalue weighted by atomic mass is 10.1. The van der Waals surface area contributed by atoms with Gasteiger partial charge in [-0.25, -0.2) is 0 Å². The Hall–Kier alpha value is -1.27. The van der Waals surface area contributed by atoms with Gasteiger partial charge in [0.25, 0.3) is 0 Å². The molecule has 3 nitrogen and oxygen atoms in total. The molecular formula is C9H11N3. The van der Waals surface area contributed by atoms with Gasteiger partial charge in [0.15, 0.2) is 0 Å². The summed E-state index contributed by atoms with van der Waals surface area (Å²) in [5, 5.41) is 8.56. The molecule has 2 rings (SSSR count). The standard InChI is InChI=1S/C9H11N3/c10-4-8-3-7(5-12-8)9(11)6-1-2-6/h3,5-6,9,12H,1-2,11H2/t9-/m1/s1. The molecule has 1 aromatic heterocycles. The van der Waals surface area contributed by atoms with Crippen molar-refractivity contribution in [1.29, 1.82) is 5.26 Å². The number of H-pyrrole nitrogens is 1. The predicted octanol–water partition coefficient (Wildman–Crippen LogP) is 1.30. The number of rotatable bonds is 2. The van der Waals surface area contributed by atoms with Gasteiger partial charge in [-0.15, -0.1) is 0 Å². The molecule has 1 atom stereocenters. The molecule has 0 unspecified atom stereocenters. The van der Waals surface area contributed by atoms with Crippen molar-refractivity contribution < 1.29 is 0 Å². The molecule has 12 heavy (non-hydrogen) atoms. The molecule has 1 heterocycles. The predicted molar refractivity (Wildman–Crippen MR) is 45.2 cm³/mol. The number of aromatic amines is 1. The van der Waals surface area contributed by atoms with Crippen LogP contribution < -0.4 is 5.73 Å². The van der Waals surface area contributed by atoms with Crippen molar-refractivity contribution in [3.05, 3.63) is 23.5 Å². The van der Waals surface area contributed by atoms with E-state index in [4.69, 9.17) is 11.0 Å². The minimum absolute atomic E-state index is 0.128. The second kappa shape index (κ2) is 2.65. The van der Waals surface area contributed by atoms with Crippen molar-refractivity contribution in [2.75, 3.05) is 0 Å². The quantitative estimate of drug-likeness (QED) is 0.686. The summed E-state index contributed by atoms with van der Waals surface area (Å²) in [6.45, 7) is 0. The third-order valence-corrected chi connectivity index (χ3v) is 2.34. The van der Waals surface area contributed by atoms with Gasteiger partial charge in [-0.1, -0.05) is 0 Å². The van der Waals surface area contributed by atoms with Crippen LogP contribution in [0.25, 0.3) is 0 Å². The minimum Gasteiger partial charge on any atom is -0.353 e. The van der Waals surface area contributed by atoms with Crippen molar-refractivity contribution in [3.63, 3.8) is 0 Å². The van der Waals surface area contributed by atoms with Gasteiger partial charge in [-0.3, -0.25) is 0 Å². The lowest BCUT2D eigenvalue weighted by Gasteiger charge is -2.05. The van der Waals surface area contributed by atoms with Gasteiger partial charge in [0.2, 0.25) is 0 Å². The summed E-state index contributed by atoms with van der Waals surface area (Å²) in [6.07, 6.45) is 4.30. The fourth-order valence-electron chi connectivity index (χ4n) is 1.40. The summed E-state index contributed by atoms with van der Waals surface area (Å²) in [5.41, 5.74) is 7.60. The third-order valence-electron chi connectivity index (χ3n) is 2.34. The summed E-state index contributed by atoms with van der Waals surface area (Å²) in [5.74, 6) is 0.646. The molecule has 1 aliphatic rings. The number of nitriles is 1. The summed E-state index contributed by atoms with van der Waals surface area (Å²) in [7, 11) is 0. The van der Waals surface area contributed by atoms with E-state index in [2.05, 4.69) is 11.1 Å². The van der Waals surface area contributed by atoms with Crippen LogP contribution in [-0.2, 0) is 0 Å². The molecule has 0 aromatic carbocycles. The van der Waals surface area contributed by atoms with E-state index in [-0.39, 0.29) is 6.04 Å². The Balaban J connectivity index is 2.17. The fraction of sp³-hybridized carbons (Fsp3) is 0.444. The highest BCUT2D eigenvalue weighted by molar-refractivity contribution is 5.29. The summed E-state index contributed by atoms with van der Waals surface area (Å²) in [6, 6.07) is 4.01. The van der Waals surface area contributed by atoms with Crippen LogP contribution in [0, 0.1) is 17.2 Å². The fourth-order valence-corrected chi connectivity index (χ4v) is 1.40. The second-order valence-electron chi connectivity index (χ2n) is 3.32. The van der Waals surface area contributed by atoms with Crippen LogP contribution in [0.2, 0.25) is 0 Å². The summed E-state index contributed by atoms with van der Waals surface area (Å²) in [4.78, 5) is 2.88. The molecule has 0 bridgehead atoms. The van der Waals surface area contributed by atoms with E-state index in [1.165, 1.54) is 12.8 Å². The second-order valence-corrected chi connectivity index (χ2v) is 3.32. The molecule has 0 saturated heterocycles. The molecule has 0 spiro atoms. The summed E-state index contributed by atoms with van der Waals surface area (Å²) >= 11 is 0. The zero-order chi connectivity index (χ0) is 8.55. The smallest absolute Gasteiger partial charge is 0.117 e. The van der Waals surface area contributed by atoms with Crippen molar-refractivity contribution >= 4 is 0 Å². The average Bonchev–Trinajstić information content (AvgIpc) is 2.82. The van der Waals surface area contributed by atoms with Crippen molar-refractivity contribution in [2.45, 2.75) is 18.9 Å². The van der Waals surface area contributed by atoms with E-state index in [1.807, 2.05) is 12.3 Å². The first-order valence-corrected chi connectivity index (χ1v) is 4.15. The molecule has 3 N–H and O–H groups in total. The Morgan fingerprint density at radius 3 is 2.92 bits per heavy atom. The maximum Gasteiger partial charge on any atom is 0.117 e. The Labute approximate surface area is 71.2 Å². The van der Waals surface area contributed by atoms with Crippen LogP contribution in [0.5, 0.6) is 0 Å². The van der Waals surface area contributed by atoms with Gasteiger partial charge in [0, 0.05) is 12.2 Å². The minimum atomic E-state index is 0.128. The molecule has 1 fully saturated rings. The maximum atomic E-state index is 8.56. The van der Waals surface area contributed by atoms with Crippen LogP contribution >= 0.6 is 0 Å². The van der Waals surface area contributed by atoms with Gasteiger partial charge >= 0.3 is 0 Å². The molecule has 0 aliphatic heterocycles. The van der Waals surface area contributed by atoms with Crippen LogP contribution in [-0.4, -0.2) is 4.98 Å². The maximum absolute atomic E-state index is 8.56. The van der Waals surface area contributed by atoms with Gasteiger partial charge in [0.1, 0.15) is 11.8 Å². The number of nitrogens with one attached hydrogen (secondary N) is 1. The van der Waals surface area contributed by atoms with Crippen molar-refractivity contribution in [1.82, 2.24) is 4.98 Å². The van der Waals surface area contributed by atoms with E-state index in [0.29, 0.717) is 11.6 Å². The third kappa shape index (κ3) is 1.21. The van der Waals surface area contributed by atoms with Crippen LogP contribution in [0.3, 0.4) is 0 Å².